The van der Waals surface area contributed by atoms with E-state index in [0.717, 1.165) is 0 Å². The first kappa shape index (κ1) is 19.7. The smallest absolute Gasteiger partial charge is 0.308 e. The number of methoxy groups -OCH3 is 1. The second-order valence-electron chi connectivity index (χ2n) is 6.32. The topological polar surface area (TPSA) is 79.4 Å². The van der Waals surface area contributed by atoms with Crippen LogP contribution in [0.3, 0.4) is 0 Å². The zero-order valence-corrected chi connectivity index (χ0v) is 15.7. The van der Waals surface area contributed by atoms with Crippen LogP contribution in [0.25, 0.3) is 0 Å². The highest BCUT2D eigenvalue weighted by Crippen LogP contribution is 2.28. The Morgan fingerprint density at radius 1 is 1.08 bits per heavy atom. The molecule has 0 aromatic heterocycles. The molecule has 1 aromatic carbocycles. The summed E-state index contributed by atoms with van der Waals surface area (Å²) < 4.78 is 10.3. The summed E-state index contributed by atoms with van der Waals surface area (Å²) in [5, 5.41) is 0. The number of amides is 2. The fourth-order valence-corrected chi connectivity index (χ4v) is 2.66. The highest BCUT2D eigenvalue weighted by Gasteiger charge is 2.24. The summed E-state index contributed by atoms with van der Waals surface area (Å²) >= 11 is 0. The molecule has 0 atom stereocenters. The van der Waals surface area contributed by atoms with Gasteiger partial charge >= 0.3 is 5.97 Å². The molecule has 1 aromatic rings. The number of benzene rings is 1. The van der Waals surface area contributed by atoms with E-state index in [0.29, 0.717) is 44.0 Å². The molecule has 0 N–H and O–H groups in total. The molecule has 2 rings (SSSR count). The van der Waals surface area contributed by atoms with Crippen molar-refractivity contribution in [3.8, 4) is 11.5 Å². The number of rotatable bonds is 5. The second-order valence-corrected chi connectivity index (χ2v) is 6.32. The maximum absolute atomic E-state index is 12.7. The van der Waals surface area contributed by atoms with E-state index < -0.39 is 5.97 Å². The minimum absolute atomic E-state index is 0.0515. The molecule has 1 heterocycles. The largest absolute Gasteiger partial charge is 0.493 e. The first-order valence-electron chi connectivity index (χ1n) is 8.40. The number of nitrogens with zero attached hydrogens (tertiary/aromatic N) is 3. The lowest BCUT2D eigenvalue weighted by Gasteiger charge is -2.34. The number of ether oxygens (including phenoxy) is 2. The van der Waals surface area contributed by atoms with Crippen LogP contribution in [0.1, 0.15) is 17.3 Å². The third-order valence-corrected chi connectivity index (χ3v) is 4.18. The standard InChI is InChI=1S/C18H25N3O5/c1-13(22)26-15-6-5-14(11-16(15)25-4)18(24)21-9-7-20(8-10-21)12-17(23)19(2)3/h5-6,11H,7-10,12H2,1-4H3. The van der Waals surface area contributed by atoms with Crippen LogP contribution in [0.15, 0.2) is 18.2 Å². The van der Waals surface area contributed by atoms with Gasteiger partial charge in [0.05, 0.1) is 13.7 Å². The number of carbonyl (C=O) groups is 3. The Hall–Kier alpha value is -2.61. The third kappa shape index (κ3) is 4.95. The molecular formula is C18H25N3O5. The van der Waals surface area contributed by atoms with Gasteiger partial charge in [0.1, 0.15) is 0 Å². The molecule has 1 aliphatic heterocycles. The molecular weight excluding hydrogens is 338 g/mol. The first-order valence-corrected chi connectivity index (χ1v) is 8.40. The van der Waals surface area contributed by atoms with Gasteiger partial charge in [-0.3, -0.25) is 19.3 Å². The minimum Gasteiger partial charge on any atom is -0.493 e. The van der Waals surface area contributed by atoms with Crippen molar-refractivity contribution in [1.29, 1.82) is 0 Å². The predicted octanol–water partition coefficient (Wildman–Crippen LogP) is 0.467. The van der Waals surface area contributed by atoms with Crippen LogP contribution in [0, 0.1) is 0 Å². The zero-order chi connectivity index (χ0) is 19.3. The number of hydrogen-bond donors (Lipinski definition) is 0. The SMILES string of the molecule is COc1cc(C(=O)N2CCN(CC(=O)N(C)C)CC2)ccc1OC(C)=O. The Balaban J connectivity index is 1.99. The quantitative estimate of drug-likeness (QED) is 0.559. The Kier molecular flexibility index (Phi) is 6.57. The maximum Gasteiger partial charge on any atom is 0.308 e. The van der Waals surface area contributed by atoms with Crippen LogP contribution < -0.4 is 9.47 Å². The molecule has 0 spiro atoms. The van der Waals surface area contributed by atoms with E-state index in [1.54, 1.807) is 42.1 Å². The van der Waals surface area contributed by atoms with Gasteiger partial charge in [0, 0.05) is 52.8 Å². The lowest BCUT2D eigenvalue weighted by atomic mass is 10.1. The van der Waals surface area contributed by atoms with Crippen LogP contribution in [-0.4, -0.2) is 86.4 Å². The summed E-state index contributed by atoms with van der Waals surface area (Å²) in [7, 11) is 4.92. The van der Waals surface area contributed by atoms with Gasteiger partial charge in [0.25, 0.3) is 5.91 Å². The Bertz CT molecular complexity index is 681. The van der Waals surface area contributed by atoms with Crippen molar-refractivity contribution in [2.45, 2.75) is 6.92 Å². The van der Waals surface area contributed by atoms with Crippen LogP contribution in [0.5, 0.6) is 11.5 Å². The molecule has 8 nitrogen and oxygen atoms in total. The van der Waals surface area contributed by atoms with Crippen LogP contribution >= 0.6 is 0 Å². The summed E-state index contributed by atoms with van der Waals surface area (Å²) in [6, 6.07) is 4.74. The minimum atomic E-state index is -0.453. The van der Waals surface area contributed by atoms with Crippen molar-refractivity contribution >= 4 is 17.8 Å². The summed E-state index contributed by atoms with van der Waals surface area (Å²) in [5.74, 6) is 0.0995. The Morgan fingerprint density at radius 3 is 2.27 bits per heavy atom. The van der Waals surface area contributed by atoms with Crippen molar-refractivity contribution in [3.63, 3.8) is 0 Å². The highest BCUT2D eigenvalue weighted by molar-refractivity contribution is 5.95. The average Bonchev–Trinajstić information content (AvgIpc) is 2.61. The van der Waals surface area contributed by atoms with Gasteiger partial charge < -0.3 is 19.3 Å². The zero-order valence-electron chi connectivity index (χ0n) is 15.7. The fraction of sp³-hybridized carbons (Fsp3) is 0.500. The summed E-state index contributed by atoms with van der Waals surface area (Å²) in [4.78, 5) is 40.9. The van der Waals surface area contributed by atoms with Crippen molar-refractivity contribution < 1.29 is 23.9 Å². The van der Waals surface area contributed by atoms with Gasteiger partial charge in [-0.1, -0.05) is 0 Å². The molecule has 8 heteroatoms. The van der Waals surface area contributed by atoms with E-state index in [1.807, 2.05) is 4.90 Å². The average molecular weight is 363 g/mol. The van der Waals surface area contributed by atoms with Gasteiger partial charge in [-0.2, -0.15) is 0 Å². The van der Waals surface area contributed by atoms with Crippen molar-refractivity contribution in [3.05, 3.63) is 23.8 Å². The van der Waals surface area contributed by atoms with E-state index in [-0.39, 0.29) is 17.6 Å². The lowest BCUT2D eigenvalue weighted by molar-refractivity contribution is -0.132. The number of esters is 1. The molecule has 0 unspecified atom stereocenters. The van der Waals surface area contributed by atoms with Crippen LogP contribution in [0.2, 0.25) is 0 Å². The molecule has 1 fully saturated rings. The summed E-state index contributed by atoms with van der Waals surface area (Å²) in [5.41, 5.74) is 0.468. The van der Waals surface area contributed by atoms with E-state index in [1.165, 1.54) is 14.0 Å². The second kappa shape index (κ2) is 8.66. The van der Waals surface area contributed by atoms with E-state index in [2.05, 4.69) is 0 Å². The monoisotopic (exact) mass is 363 g/mol. The maximum atomic E-state index is 12.7. The molecule has 0 aliphatic carbocycles. The van der Waals surface area contributed by atoms with Crippen molar-refractivity contribution in [2.24, 2.45) is 0 Å². The van der Waals surface area contributed by atoms with Gasteiger partial charge in [0.15, 0.2) is 11.5 Å². The summed E-state index contributed by atoms with van der Waals surface area (Å²) in [6.07, 6.45) is 0. The van der Waals surface area contributed by atoms with E-state index in [4.69, 9.17) is 9.47 Å². The molecule has 0 bridgehead atoms. The van der Waals surface area contributed by atoms with Gasteiger partial charge in [-0.15, -0.1) is 0 Å². The van der Waals surface area contributed by atoms with Crippen LogP contribution in [-0.2, 0) is 9.59 Å². The van der Waals surface area contributed by atoms with Crippen molar-refractivity contribution in [2.75, 3.05) is 53.9 Å². The molecule has 2 amide bonds. The number of piperazine rings is 1. The molecule has 26 heavy (non-hydrogen) atoms. The summed E-state index contributed by atoms with van der Waals surface area (Å²) in [6.45, 7) is 4.06. The Morgan fingerprint density at radius 2 is 1.73 bits per heavy atom. The Labute approximate surface area is 153 Å². The normalized spacial score (nSPS) is 14.7. The van der Waals surface area contributed by atoms with Crippen LogP contribution in [0.4, 0.5) is 0 Å². The van der Waals surface area contributed by atoms with E-state index in [9.17, 15) is 14.4 Å². The number of carbonyl (C=O) groups excluding carboxylic acids is 3. The van der Waals surface area contributed by atoms with Gasteiger partial charge in [0.2, 0.25) is 5.91 Å². The third-order valence-electron chi connectivity index (χ3n) is 4.18. The van der Waals surface area contributed by atoms with Crippen molar-refractivity contribution in [1.82, 2.24) is 14.7 Å². The molecule has 142 valence electrons. The number of likely N-dealkylation sites (N-methyl/N-ethyl adjacent to an activating group) is 1. The highest BCUT2D eigenvalue weighted by atomic mass is 16.6. The molecule has 0 radical (unpaired) electrons. The molecule has 0 saturated carbocycles. The molecule has 1 saturated heterocycles. The fourth-order valence-electron chi connectivity index (χ4n) is 2.66. The van der Waals surface area contributed by atoms with E-state index >= 15 is 0 Å². The van der Waals surface area contributed by atoms with Gasteiger partial charge in [-0.05, 0) is 18.2 Å². The van der Waals surface area contributed by atoms with Gasteiger partial charge in [-0.25, -0.2) is 0 Å². The first-order chi connectivity index (χ1) is 12.3. The predicted molar refractivity (Wildman–Crippen MR) is 95.3 cm³/mol. The molecule has 1 aliphatic rings. The lowest BCUT2D eigenvalue weighted by Crippen LogP contribution is -2.51. The number of hydrogen-bond acceptors (Lipinski definition) is 6.